The molecule has 3 aromatic rings. The fourth-order valence-corrected chi connectivity index (χ4v) is 3.93. The van der Waals surface area contributed by atoms with Gasteiger partial charge in [-0.3, -0.25) is 4.21 Å². The first-order chi connectivity index (χ1) is 13.6. The van der Waals surface area contributed by atoms with Gasteiger partial charge in [-0.2, -0.15) is 0 Å². The van der Waals surface area contributed by atoms with E-state index in [0.717, 1.165) is 22.4 Å². The molecule has 0 aliphatic carbocycles. The maximum atomic E-state index is 11.8. The summed E-state index contributed by atoms with van der Waals surface area (Å²) < 4.78 is 17.7. The second-order valence-electron chi connectivity index (χ2n) is 6.61. The predicted molar refractivity (Wildman–Crippen MR) is 117 cm³/mol. The number of hydrogen-bond acceptors (Lipinski definition) is 3. The fraction of sp³-hybridized carbons (Fsp3) is 0.217. The van der Waals surface area contributed by atoms with Crippen LogP contribution in [0.4, 0.5) is 0 Å². The second kappa shape index (κ2) is 10.4. The summed E-state index contributed by atoms with van der Waals surface area (Å²) in [5, 5.41) is 4.23. The van der Waals surface area contributed by atoms with Crippen molar-refractivity contribution in [2.45, 2.75) is 19.2 Å². The van der Waals surface area contributed by atoms with E-state index in [0.29, 0.717) is 23.9 Å². The Hall–Kier alpha value is -2.14. The minimum atomic E-state index is -0.885. The van der Waals surface area contributed by atoms with E-state index in [-0.39, 0.29) is 6.04 Å². The summed E-state index contributed by atoms with van der Waals surface area (Å²) in [6.07, 6.45) is 1.74. The first kappa shape index (κ1) is 20.6. The molecule has 3 aromatic carbocycles. The summed E-state index contributed by atoms with van der Waals surface area (Å²) >= 11 is 6.19. The molecule has 0 unspecified atom stereocenters. The van der Waals surface area contributed by atoms with Gasteiger partial charge in [0.15, 0.2) is 0 Å². The molecule has 5 heteroatoms. The normalized spacial score (nSPS) is 13.1. The smallest absolute Gasteiger partial charge is 0.120 e. The molecule has 28 heavy (non-hydrogen) atoms. The molecule has 0 saturated carbocycles. The molecule has 0 fully saturated rings. The molecule has 0 aliphatic heterocycles. The molecule has 0 aromatic heterocycles. The molecular weight excluding hydrogens is 390 g/mol. The van der Waals surface area contributed by atoms with Gasteiger partial charge in [-0.1, -0.05) is 72.3 Å². The Kier molecular flexibility index (Phi) is 7.66. The van der Waals surface area contributed by atoms with Crippen LogP contribution in [0.3, 0.4) is 0 Å². The van der Waals surface area contributed by atoms with E-state index in [1.54, 1.807) is 6.26 Å². The SMILES string of the molecule is C[S@](=O)C[C@@H](NCc1cccc(OCc2ccccc2Cl)c1)c1ccccc1. The van der Waals surface area contributed by atoms with Crippen molar-refractivity contribution >= 4 is 22.4 Å². The van der Waals surface area contributed by atoms with E-state index in [1.807, 2.05) is 60.7 Å². The highest BCUT2D eigenvalue weighted by molar-refractivity contribution is 7.84. The van der Waals surface area contributed by atoms with E-state index < -0.39 is 10.8 Å². The van der Waals surface area contributed by atoms with Gasteiger partial charge >= 0.3 is 0 Å². The van der Waals surface area contributed by atoms with Crippen molar-refractivity contribution in [2.75, 3.05) is 12.0 Å². The minimum absolute atomic E-state index is 0.0414. The first-order valence-electron chi connectivity index (χ1n) is 9.15. The average Bonchev–Trinajstić information content (AvgIpc) is 2.71. The van der Waals surface area contributed by atoms with Gasteiger partial charge in [-0.05, 0) is 29.3 Å². The van der Waals surface area contributed by atoms with Crippen LogP contribution >= 0.6 is 11.6 Å². The van der Waals surface area contributed by atoms with E-state index in [4.69, 9.17) is 16.3 Å². The van der Waals surface area contributed by atoms with Crippen molar-refractivity contribution in [2.24, 2.45) is 0 Å². The van der Waals surface area contributed by atoms with Crippen LogP contribution in [0.2, 0.25) is 5.02 Å². The second-order valence-corrected chi connectivity index (χ2v) is 8.50. The summed E-state index contributed by atoms with van der Waals surface area (Å²) in [5.74, 6) is 1.38. The zero-order chi connectivity index (χ0) is 19.8. The Bertz CT molecular complexity index is 917. The van der Waals surface area contributed by atoms with Crippen molar-refractivity contribution in [3.8, 4) is 5.75 Å². The Balaban J connectivity index is 1.63. The van der Waals surface area contributed by atoms with E-state index in [9.17, 15) is 4.21 Å². The van der Waals surface area contributed by atoms with Crippen LogP contribution in [0.1, 0.15) is 22.7 Å². The van der Waals surface area contributed by atoms with Crippen molar-refractivity contribution < 1.29 is 8.95 Å². The lowest BCUT2D eigenvalue weighted by molar-refractivity contribution is 0.306. The fourth-order valence-electron chi connectivity index (χ4n) is 2.96. The van der Waals surface area contributed by atoms with Gasteiger partial charge in [0.25, 0.3) is 0 Å². The van der Waals surface area contributed by atoms with Gasteiger partial charge in [0.1, 0.15) is 12.4 Å². The number of ether oxygens (including phenoxy) is 1. The van der Waals surface area contributed by atoms with Crippen LogP contribution < -0.4 is 10.1 Å². The maximum absolute atomic E-state index is 11.8. The van der Waals surface area contributed by atoms with Crippen LogP contribution in [-0.2, 0) is 24.0 Å². The summed E-state index contributed by atoms with van der Waals surface area (Å²) in [6, 6.07) is 25.9. The highest BCUT2D eigenvalue weighted by Gasteiger charge is 2.12. The molecule has 0 amide bonds. The zero-order valence-corrected chi connectivity index (χ0v) is 17.4. The molecule has 3 nitrogen and oxygen atoms in total. The first-order valence-corrected chi connectivity index (χ1v) is 11.3. The predicted octanol–water partition coefficient (Wildman–Crippen LogP) is 5.13. The number of halogens is 1. The van der Waals surface area contributed by atoms with Crippen molar-refractivity contribution in [3.05, 3.63) is 101 Å². The Morgan fingerprint density at radius 1 is 1.00 bits per heavy atom. The number of hydrogen-bond donors (Lipinski definition) is 1. The molecule has 0 spiro atoms. The molecule has 2 atom stereocenters. The van der Waals surface area contributed by atoms with Crippen LogP contribution in [0.25, 0.3) is 0 Å². The van der Waals surface area contributed by atoms with Gasteiger partial charge in [-0.15, -0.1) is 0 Å². The van der Waals surface area contributed by atoms with Gasteiger partial charge in [0.05, 0.1) is 0 Å². The Morgan fingerprint density at radius 2 is 1.75 bits per heavy atom. The van der Waals surface area contributed by atoms with Gasteiger partial charge in [0.2, 0.25) is 0 Å². The van der Waals surface area contributed by atoms with Gasteiger partial charge < -0.3 is 10.1 Å². The minimum Gasteiger partial charge on any atom is -0.489 e. The molecule has 3 rings (SSSR count). The zero-order valence-electron chi connectivity index (χ0n) is 15.8. The van der Waals surface area contributed by atoms with Crippen LogP contribution in [-0.4, -0.2) is 16.2 Å². The van der Waals surface area contributed by atoms with Crippen molar-refractivity contribution in [3.63, 3.8) is 0 Å². The molecule has 0 bridgehead atoms. The Morgan fingerprint density at radius 3 is 2.50 bits per heavy atom. The molecule has 0 saturated heterocycles. The molecule has 0 aliphatic rings. The number of rotatable bonds is 9. The summed E-state index contributed by atoms with van der Waals surface area (Å²) in [7, 11) is -0.885. The van der Waals surface area contributed by atoms with Crippen molar-refractivity contribution in [1.29, 1.82) is 0 Å². The number of benzene rings is 3. The maximum Gasteiger partial charge on any atom is 0.120 e. The van der Waals surface area contributed by atoms with E-state index >= 15 is 0 Å². The molecule has 146 valence electrons. The summed E-state index contributed by atoms with van der Waals surface area (Å²) in [4.78, 5) is 0. The lowest BCUT2D eigenvalue weighted by Crippen LogP contribution is -2.25. The average molecular weight is 414 g/mol. The monoisotopic (exact) mass is 413 g/mol. The third-order valence-electron chi connectivity index (χ3n) is 4.41. The lowest BCUT2D eigenvalue weighted by Gasteiger charge is -2.18. The van der Waals surface area contributed by atoms with Crippen LogP contribution in [0.5, 0.6) is 5.75 Å². The van der Waals surface area contributed by atoms with Crippen LogP contribution in [0, 0.1) is 0 Å². The molecule has 1 N–H and O–H groups in total. The van der Waals surface area contributed by atoms with Gasteiger partial charge in [0, 0.05) is 46.0 Å². The molecule has 0 radical (unpaired) electrons. The molecule has 0 heterocycles. The quantitative estimate of drug-likeness (QED) is 0.528. The highest BCUT2D eigenvalue weighted by Crippen LogP contribution is 2.20. The third-order valence-corrected chi connectivity index (χ3v) is 5.58. The Labute approximate surface area is 174 Å². The third kappa shape index (κ3) is 6.20. The van der Waals surface area contributed by atoms with E-state index in [2.05, 4.69) is 23.5 Å². The summed E-state index contributed by atoms with van der Waals surface area (Å²) in [5.41, 5.74) is 3.21. The largest absolute Gasteiger partial charge is 0.489 e. The summed E-state index contributed by atoms with van der Waals surface area (Å²) in [6.45, 7) is 1.10. The number of nitrogens with one attached hydrogen (secondary N) is 1. The van der Waals surface area contributed by atoms with Gasteiger partial charge in [-0.25, -0.2) is 0 Å². The highest BCUT2D eigenvalue weighted by atomic mass is 35.5. The topological polar surface area (TPSA) is 38.3 Å². The van der Waals surface area contributed by atoms with E-state index in [1.165, 1.54) is 0 Å². The van der Waals surface area contributed by atoms with Crippen molar-refractivity contribution in [1.82, 2.24) is 5.32 Å². The van der Waals surface area contributed by atoms with Crippen LogP contribution in [0.15, 0.2) is 78.9 Å². The lowest BCUT2D eigenvalue weighted by atomic mass is 10.1. The standard InChI is InChI=1S/C23H24ClNO2S/c1-28(26)17-23(19-9-3-2-4-10-19)25-15-18-8-7-12-21(14-18)27-16-20-11-5-6-13-22(20)24/h2-14,23,25H,15-17H2,1H3/t23-,28+/m1/s1. The molecular formula is C23H24ClNO2S.